The van der Waals surface area contributed by atoms with Gasteiger partial charge in [0.1, 0.15) is 0 Å². The molecule has 0 aromatic rings. The molecule has 21 heavy (non-hydrogen) atoms. The predicted molar refractivity (Wildman–Crippen MR) is 88.7 cm³/mol. The monoisotopic (exact) mass is 357 g/mol. The largest absolute Gasteiger partial charge is 0.350 e. The van der Waals surface area contributed by atoms with E-state index in [1.54, 1.807) is 0 Å². The molecule has 4 fully saturated rings. The van der Waals surface area contributed by atoms with Gasteiger partial charge in [0.25, 0.3) is 0 Å². The number of rotatable bonds is 4. The van der Waals surface area contributed by atoms with Crippen molar-refractivity contribution in [2.45, 2.75) is 56.7 Å². The highest BCUT2D eigenvalue weighted by Gasteiger charge is 2.67. The molecule has 0 spiro atoms. The van der Waals surface area contributed by atoms with Gasteiger partial charge in [0, 0.05) is 4.32 Å². The number of alkyl halides is 1. The molecular weight excluding hydrogens is 328 g/mol. The zero-order valence-electron chi connectivity index (χ0n) is 13.9. The average Bonchev–Trinajstić information content (AvgIpc) is 2.21. The molecule has 4 aliphatic rings. The zero-order valence-corrected chi connectivity index (χ0v) is 15.5. The molecule has 0 heterocycles. The van der Waals surface area contributed by atoms with E-state index in [4.69, 9.17) is 0 Å². The molecular formula is C17H30BrN2O+. The third kappa shape index (κ3) is 2.78. The number of hydrogen-bond donors (Lipinski definition) is 2. The molecule has 3 nitrogen and oxygen atoms in total. The van der Waals surface area contributed by atoms with Crippen LogP contribution in [-0.2, 0) is 4.79 Å². The highest BCUT2D eigenvalue weighted by Crippen LogP contribution is 2.72. The van der Waals surface area contributed by atoms with Crippen LogP contribution in [0.25, 0.3) is 0 Å². The lowest BCUT2D eigenvalue weighted by Crippen LogP contribution is -3.06. The summed E-state index contributed by atoms with van der Waals surface area (Å²) in [4.78, 5) is 14.3. The Balaban J connectivity index is 1.79. The SMILES string of the molecule is C[NH+](C)CCNC(=O)C12CC3(Br)C[C@@](C)(C1)C[C@](C)(C3)C2. The van der Waals surface area contributed by atoms with Gasteiger partial charge in [-0.2, -0.15) is 0 Å². The van der Waals surface area contributed by atoms with Crippen molar-refractivity contribution < 1.29 is 9.69 Å². The van der Waals surface area contributed by atoms with E-state index < -0.39 is 0 Å². The molecule has 0 aliphatic heterocycles. The first-order valence-electron chi connectivity index (χ1n) is 8.34. The first kappa shape index (κ1) is 15.8. The van der Waals surface area contributed by atoms with Crippen molar-refractivity contribution in [3.05, 3.63) is 0 Å². The normalized spacial score (nSPS) is 47.9. The second-order valence-corrected chi connectivity index (χ2v) is 11.0. The summed E-state index contributed by atoms with van der Waals surface area (Å²) in [5.74, 6) is 0.323. The first-order valence-corrected chi connectivity index (χ1v) is 9.14. The van der Waals surface area contributed by atoms with Gasteiger partial charge in [-0.3, -0.25) is 4.79 Å². The quantitative estimate of drug-likeness (QED) is 0.738. The fraction of sp³-hybridized carbons (Fsp3) is 0.941. The van der Waals surface area contributed by atoms with Crippen LogP contribution in [0.2, 0.25) is 0 Å². The number of quaternary nitrogens is 1. The van der Waals surface area contributed by atoms with E-state index >= 15 is 0 Å². The summed E-state index contributed by atoms with van der Waals surface area (Å²) in [5, 5.41) is 3.24. The second kappa shape index (κ2) is 4.70. The van der Waals surface area contributed by atoms with Crippen LogP contribution in [0.15, 0.2) is 0 Å². The number of halogens is 1. The molecule has 0 aromatic carbocycles. The second-order valence-electron chi connectivity index (χ2n) is 9.33. The summed E-state index contributed by atoms with van der Waals surface area (Å²) in [7, 11) is 4.26. The lowest BCUT2D eigenvalue weighted by molar-refractivity contribution is -0.856. The molecule has 120 valence electrons. The van der Waals surface area contributed by atoms with E-state index in [1.807, 2.05) is 0 Å². The third-order valence-electron chi connectivity index (χ3n) is 5.92. The van der Waals surface area contributed by atoms with Gasteiger partial charge in [0.15, 0.2) is 0 Å². The summed E-state index contributed by atoms with van der Waals surface area (Å²) in [6.07, 6.45) is 6.99. The Kier molecular flexibility index (Phi) is 3.54. The van der Waals surface area contributed by atoms with Gasteiger partial charge in [-0.1, -0.05) is 29.8 Å². The minimum absolute atomic E-state index is 0.122. The van der Waals surface area contributed by atoms with E-state index in [1.165, 1.54) is 24.2 Å². The van der Waals surface area contributed by atoms with Crippen molar-refractivity contribution in [3.63, 3.8) is 0 Å². The number of amides is 1. The fourth-order valence-electron chi connectivity index (χ4n) is 6.40. The molecule has 4 aliphatic carbocycles. The number of hydrogen-bond acceptors (Lipinski definition) is 1. The van der Waals surface area contributed by atoms with E-state index in [0.29, 0.717) is 16.7 Å². The highest BCUT2D eigenvalue weighted by atomic mass is 79.9. The molecule has 0 aromatic heterocycles. The van der Waals surface area contributed by atoms with Gasteiger partial charge < -0.3 is 10.2 Å². The van der Waals surface area contributed by atoms with E-state index in [9.17, 15) is 4.79 Å². The molecule has 4 atom stereocenters. The lowest BCUT2D eigenvalue weighted by atomic mass is 9.40. The summed E-state index contributed by atoms with van der Waals surface area (Å²) >= 11 is 4.04. The lowest BCUT2D eigenvalue weighted by Gasteiger charge is -2.67. The molecule has 0 radical (unpaired) electrons. The smallest absolute Gasteiger partial charge is 0.226 e. The molecule has 2 N–H and O–H groups in total. The minimum atomic E-state index is -0.122. The topological polar surface area (TPSA) is 33.5 Å². The van der Waals surface area contributed by atoms with Crippen molar-refractivity contribution in [1.82, 2.24) is 5.32 Å². The summed E-state index contributed by atoms with van der Waals surface area (Å²) in [5.41, 5.74) is 0.567. The number of carbonyl (C=O) groups excluding carboxylic acids is 1. The van der Waals surface area contributed by atoms with Crippen molar-refractivity contribution in [2.24, 2.45) is 16.2 Å². The molecule has 0 saturated heterocycles. The number of carbonyl (C=O) groups is 1. The Morgan fingerprint density at radius 1 is 1.05 bits per heavy atom. The standard InChI is InChI=1S/C17H29BrN2O/c1-14-7-15(2)9-16(8-14,12-17(18,10-14)11-15)13(21)19-5-6-20(3)4/h5-12H2,1-4H3,(H,19,21)/p+1/t14-,15+,16?,17?. The van der Waals surface area contributed by atoms with Crippen LogP contribution in [0.5, 0.6) is 0 Å². The van der Waals surface area contributed by atoms with Crippen molar-refractivity contribution >= 4 is 21.8 Å². The molecule has 2 unspecified atom stereocenters. The Labute approximate surface area is 137 Å². The average molecular weight is 358 g/mol. The molecule has 4 bridgehead atoms. The van der Waals surface area contributed by atoms with Crippen molar-refractivity contribution in [1.29, 1.82) is 0 Å². The van der Waals surface area contributed by atoms with Crippen LogP contribution in [0.1, 0.15) is 52.4 Å². The minimum Gasteiger partial charge on any atom is -0.350 e. The predicted octanol–water partition coefficient (Wildman–Crippen LogP) is 1.76. The first-order chi connectivity index (χ1) is 9.58. The van der Waals surface area contributed by atoms with E-state index in [0.717, 1.165) is 32.4 Å². The van der Waals surface area contributed by atoms with Crippen molar-refractivity contribution in [3.8, 4) is 0 Å². The van der Waals surface area contributed by atoms with Crippen LogP contribution in [-0.4, -0.2) is 37.4 Å². The van der Waals surface area contributed by atoms with E-state index in [2.05, 4.69) is 49.2 Å². The Bertz CT molecular complexity index is 408. The Hall–Kier alpha value is -0.0900. The Morgan fingerprint density at radius 3 is 2.10 bits per heavy atom. The molecule has 4 rings (SSSR count). The van der Waals surface area contributed by atoms with Crippen LogP contribution in [0.4, 0.5) is 0 Å². The summed E-state index contributed by atoms with van der Waals surface area (Å²) < 4.78 is 0.204. The van der Waals surface area contributed by atoms with Crippen molar-refractivity contribution in [2.75, 3.05) is 27.2 Å². The third-order valence-corrected chi connectivity index (χ3v) is 6.76. The van der Waals surface area contributed by atoms with Gasteiger partial charge in [-0.15, -0.1) is 0 Å². The van der Waals surface area contributed by atoms with Gasteiger partial charge in [-0.25, -0.2) is 0 Å². The van der Waals surface area contributed by atoms with Crippen LogP contribution < -0.4 is 10.2 Å². The van der Waals surface area contributed by atoms with Gasteiger partial charge in [-0.05, 0) is 49.4 Å². The van der Waals surface area contributed by atoms with Gasteiger partial charge in [0.05, 0.1) is 32.6 Å². The number of nitrogens with one attached hydrogen (secondary N) is 2. The Morgan fingerprint density at radius 2 is 1.62 bits per heavy atom. The molecule has 4 saturated carbocycles. The molecule has 4 heteroatoms. The van der Waals surface area contributed by atoms with E-state index in [-0.39, 0.29) is 9.74 Å². The van der Waals surface area contributed by atoms with Crippen LogP contribution in [0, 0.1) is 16.2 Å². The van der Waals surface area contributed by atoms with Crippen LogP contribution >= 0.6 is 15.9 Å². The van der Waals surface area contributed by atoms with Gasteiger partial charge >= 0.3 is 0 Å². The number of likely N-dealkylation sites (N-methyl/N-ethyl adjacent to an activating group) is 1. The maximum absolute atomic E-state index is 13.0. The maximum Gasteiger partial charge on any atom is 0.226 e. The summed E-state index contributed by atoms with van der Waals surface area (Å²) in [6.45, 7) is 6.61. The van der Waals surface area contributed by atoms with Crippen LogP contribution in [0.3, 0.4) is 0 Å². The summed E-state index contributed by atoms with van der Waals surface area (Å²) in [6, 6.07) is 0. The highest BCUT2D eigenvalue weighted by molar-refractivity contribution is 9.10. The maximum atomic E-state index is 13.0. The molecule has 1 amide bonds. The van der Waals surface area contributed by atoms with Gasteiger partial charge in [0.2, 0.25) is 5.91 Å². The fourth-order valence-corrected chi connectivity index (χ4v) is 8.30. The zero-order chi connectivity index (χ0) is 15.5.